The number of sulfonamides is 1. The second-order valence-corrected chi connectivity index (χ2v) is 10.6. The highest BCUT2D eigenvalue weighted by Gasteiger charge is 2.33. The van der Waals surface area contributed by atoms with Crippen LogP contribution in [0.15, 0.2) is 23.1 Å². The van der Waals surface area contributed by atoms with Crippen molar-refractivity contribution >= 4 is 15.9 Å². The zero-order chi connectivity index (χ0) is 20.4. The molecule has 1 fully saturated rings. The van der Waals surface area contributed by atoms with Crippen LogP contribution >= 0.6 is 0 Å². The Labute approximate surface area is 164 Å². The highest BCUT2D eigenvalue weighted by atomic mass is 32.2. The average Bonchev–Trinajstić information content (AvgIpc) is 3.01. The Morgan fingerprint density at radius 3 is 2.41 bits per heavy atom. The summed E-state index contributed by atoms with van der Waals surface area (Å²) in [5, 5.41) is 0. The van der Waals surface area contributed by atoms with Gasteiger partial charge in [0.15, 0.2) is 0 Å². The van der Waals surface area contributed by atoms with Crippen molar-refractivity contribution in [2.24, 2.45) is 5.41 Å². The van der Waals surface area contributed by atoms with Gasteiger partial charge in [-0.05, 0) is 49.3 Å². The highest BCUT2D eigenvalue weighted by molar-refractivity contribution is 7.89. The monoisotopic (exact) mass is 394 g/mol. The van der Waals surface area contributed by atoms with Gasteiger partial charge in [0, 0.05) is 31.2 Å². The van der Waals surface area contributed by atoms with Gasteiger partial charge in [0.05, 0.1) is 4.90 Å². The molecule has 1 atom stereocenters. The first-order valence-corrected chi connectivity index (χ1v) is 11.4. The van der Waals surface area contributed by atoms with Gasteiger partial charge < -0.3 is 4.90 Å². The molecule has 0 bridgehead atoms. The lowest BCUT2D eigenvalue weighted by molar-refractivity contribution is 0.0703. The lowest BCUT2D eigenvalue weighted by atomic mass is 9.87. The van der Waals surface area contributed by atoms with Crippen LogP contribution in [0.5, 0.6) is 0 Å². The highest BCUT2D eigenvalue weighted by Crippen LogP contribution is 2.31. The van der Waals surface area contributed by atoms with Crippen LogP contribution in [0.4, 0.5) is 0 Å². The lowest BCUT2D eigenvalue weighted by Crippen LogP contribution is -2.38. The molecule has 0 N–H and O–H groups in total. The van der Waals surface area contributed by atoms with Gasteiger partial charge in [-0.25, -0.2) is 8.42 Å². The number of hydrogen-bond donors (Lipinski definition) is 0. The van der Waals surface area contributed by atoms with Crippen molar-refractivity contribution in [3.8, 4) is 0 Å². The van der Waals surface area contributed by atoms with Crippen molar-refractivity contribution in [1.82, 2.24) is 9.21 Å². The minimum absolute atomic E-state index is 0.0455. The van der Waals surface area contributed by atoms with E-state index in [1.807, 2.05) is 25.7 Å². The normalized spacial score (nSPS) is 18.3. The van der Waals surface area contributed by atoms with E-state index in [1.54, 1.807) is 18.2 Å². The van der Waals surface area contributed by atoms with Gasteiger partial charge in [0.25, 0.3) is 5.91 Å². The van der Waals surface area contributed by atoms with Crippen LogP contribution in [0.1, 0.15) is 69.8 Å². The van der Waals surface area contributed by atoms with Gasteiger partial charge in [-0.1, -0.05) is 40.7 Å². The van der Waals surface area contributed by atoms with Crippen molar-refractivity contribution in [3.63, 3.8) is 0 Å². The summed E-state index contributed by atoms with van der Waals surface area (Å²) in [6, 6.07) is 5.15. The SMILES string of the molecule is CCN(CC)S(=O)(=O)c1ccc(C)c(C(=O)N2CCCC2CC(C)(C)C)c1. The van der Waals surface area contributed by atoms with Crippen LogP contribution in [0.25, 0.3) is 0 Å². The first-order chi connectivity index (χ1) is 12.5. The van der Waals surface area contributed by atoms with E-state index in [0.29, 0.717) is 18.7 Å². The Kier molecular flexibility index (Phi) is 6.74. The Morgan fingerprint density at radius 2 is 1.85 bits per heavy atom. The van der Waals surface area contributed by atoms with E-state index in [-0.39, 0.29) is 22.3 Å². The van der Waals surface area contributed by atoms with Gasteiger partial charge >= 0.3 is 0 Å². The summed E-state index contributed by atoms with van der Waals surface area (Å²) in [5.74, 6) is -0.0455. The maximum absolute atomic E-state index is 13.3. The van der Waals surface area contributed by atoms with Crippen LogP contribution in [0.2, 0.25) is 0 Å². The van der Waals surface area contributed by atoms with Crippen molar-refractivity contribution < 1.29 is 13.2 Å². The number of hydrogen-bond acceptors (Lipinski definition) is 3. The van der Waals surface area contributed by atoms with Crippen molar-refractivity contribution in [2.75, 3.05) is 19.6 Å². The largest absolute Gasteiger partial charge is 0.336 e. The molecule has 0 spiro atoms. The van der Waals surface area contributed by atoms with Crippen molar-refractivity contribution in [1.29, 1.82) is 0 Å². The number of benzene rings is 1. The maximum atomic E-state index is 13.3. The molecule has 0 saturated carbocycles. The fourth-order valence-corrected chi connectivity index (χ4v) is 5.37. The zero-order valence-corrected chi connectivity index (χ0v) is 18.4. The predicted molar refractivity (Wildman–Crippen MR) is 109 cm³/mol. The van der Waals surface area contributed by atoms with Gasteiger partial charge in [-0.15, -0.1) is 0 Å². The average molecular weight is 395 g/mol. The number of aryl methyl sites for hydroxylation is 1. The standard InChI is InChI=1S/C21H34N2O3S/c1-7-22(8-2)27(25,26)18-12-11-16(3)19(14-18)20(24)23-13-9-10-17(23)15-21(4,5)6/h11-12,14,17H,7-10,13,15H2,1-6H3. The van der Waals surface area contributed by atoms with Crippen molar-refractivity contribution in [3.05, 3.63) is 29.3 Å². The first-order valence-electron chi connectivity index (χ1n) is 9.93. The fraction of sp³-hybridized carbons (Fsp3) is 0.667. The van der Waals surface area contributed by atoms with E-state index in [1.165, 1.54) is 4.31 Å². The van der Waals surface area contributed by atoms with E-state index in [2.05, 4.69) is 20.8 Å². The molecule has 1 aromatic rings. The Morgan fingerprint density at radius 1 is 1.22 bits per heavy atom. The third-order valence-corrected chi connectivity index (χ3v) is 7.31. The molecule has 1 unspecified atom stereocenters. The second-order valence-electron chi connectivity index (χ2n) is 8.63. The number of rotatable bonds is 6. The first kappa shape index (κ1) is 21.9. The maximum Gasteiger partial charge on any atom is 0.254 e. The van der Waals surface area contributed by atoms with Gasteiger partial charge in [-0.3, -0.25) is 4.79 Å². The summed E-state index contributed by atoms with van der Waals surface area (Å²) >= 11 is 0. The minimum atomic E-state index is -3.58. The summed E-state index contributed by atoms with van der Waals surface area (Å²) in [5.41, 5.74) is 1.47. The lowest BCUT2D eigenvalue weighted by Gasteiger charge is -2.31. The van der Waals surface area contributed by atoms with E-state index in [9.17, 15) is 13.2 Å². The molecule has 1 amide bonds. The number of likely N-dealkylation sites (tertiary alicyclic amines) is 1. The van der Waals surface area contributed by atoms with Crippen LogP contribution in [0, 0.1) is 12.3 Å². The third-order valence-electron chi connectivity index (χ3n) is 5.27. The summed E-state index contributed by atoms with van der Waals surface area (Å²) in [4.78, 5) is 15.4. The minimum Gasteiger partial charge on any atom is -0.336 e. The molecule has 27 heavy (non-hydrogen) atoms. The van der Waals surface area contributed by atoms with E-state index >= 15 is 0 Å². The van der Waals surface area contributed by atoms with Crippen LogP contribution in [0.3, 0.4) is 0 Å². The fourth-order valence-electron chi connectivity index (χ4n) is 3.88. The molecule has 0 aliphatic carbocycles. The van der Waals surface area contributed by atoms with Gasteiger partial charge in [0.1, 0.15) is 0 Å². The summed E-state index contributed by atoms with van der Waals surface area (Å²) in [7, 11) is -3.58. The molecule has 1 aromatic carbocycles. The van der Waals surface area contributed by atoms with Gasteiger partial charge in [0.2, 0.25) is 10.0 Å². The molecule has 1 saturated heterocycles. The number of carbonyl (C=O) groups excluding carboxylic acids is 1. The smallest absolute Gasteiger partial charge is 0.254 e. The zero-order valence-electron chi connectivity index (χ0n) is 17.6. The quantitative estimate of drug-likeness (QED) is 0.731. The summed E-state index contributed by atoms with van der Waals surface area (Å²) in [6.45, 7) is 13.7. The molecule has 5 nitrogen and oxygen atoms in total. The molecule has 0 radical (unpaired) electrons. The Balaban J connectivity index is 2.37. The molecule has 1 aliphatic rings. The topological polar surface area (TPSA) is 57.7 Å². The Bertz CT molecular complexity index is 777. The van der Waals surface area contributed by atoms with Gasteiger partial charge in [-0.2, -0.15) is 4.31 Å². The third kappa shape index (κ3) is 4.91. The molecule has 1 heterocycles. The second kappa shape index (κ2) is 8.31. The Hall–Kier alpha value is -1.40. The molecule has 6 heteroatoms. The predicted octanol–water partition coefficient (Wildman–Crippen LogP) is 4.07. The van der Waals surface area contributed by atoms with E-state index in [4.69, 9.17) is 0 Å². The number of nitrogens with zero attached hydrogens (tertiary/aromatic N) is 2. The molecule has 0 aromatic heterocycles. The van der Waals surface area contributed by atoms with Crippen LogP contribution < -0.4 is 0 Å². The molecular formula is C21H34N2O3S. The van der Waals surface area contributed by atoms with Crippen LogP contribution in [-0.2, 0) is 10.0 Å². The van der Waals surface area contributed by atoms with Crippen molar-refractivity contribution in [2.45, 2.75) is 71.7 Å². The van der Waals surface area contributed by atoms with E-state index in [0.717, 1.165) is 31.4 Å². The number of amides is 1. The molecule has 152 valence electrons. The molecular weight excluding hydrogens is 360 g/mol. The summed E-state index contributed by atoms with van der Waals surface area (Å²) < 4.78 is 27.1. The molecule has 1 aliphatic heterocycles. The summed E-state index contributed by atoms with van der Waals surface area (Å²) in [6.07, 6.45) is 2.97. The van der Waals surface area contributed by atoms with E-state index < -0.39 is 10.0 Å². The number of carbonyl (C=O) groups is 1. The van der Waals surface area contributed by atoms with Crippen LogP contribution in [-0.4, -0.2) is 49.2 Å². The molecule has 2 rings (SSSR count).